The van der Waals surface area contributed by atoms with Crippen LogP contribution < -0.4 is 0 Å². The lowest BCUT2D eigenvalue weighted by atomic mass is 9.77. The first-order valence-electron chi connectivity index (χ1n) is 8.54. The van der Waals surface area contributed by atoms with Gasteiger partial charge in [0.2, 0.25) is 0 Å². The molecule has 0 bridgehead atoms. The van der Waals surface area contributed by atoms with E-state index in [1.54, 1.807) is 0 Å². The van der Waals surface area contributed by atoms with Crippen molar-refractivity contribution in [1.29, 1.82) is 0 Å². The Hall–Kier alpha value is -2.09. The number of benzene rings is 2. The Morgan fingerprint density at radius 3 is 2.30 bits per heavy atom. The molecule has 0 heterocycles. The second kappa shape index (κ2) is 6.99. The van der Waals surface area contributed by atoms with E-state index in [0.717, 1.165) is 31.4 Å². The van der Waals surface area contributed by atoms with E-state index in [-0.39, 0.29) is 0 Å². The summed E-state index contributed by atoms with van der Waals surface area (Å²) in [5.41, 5.74) is 6.23. The molecule has 23 heavy (non-hydrogen) atoms. The standard InChI is InChI=1S/C21H25NO/c1-15-4-3-5-20(14-15)19-8-6-17(7-9-19)16(2)18-10-12-21(22-23)13-11-18/h3-9,14,16,18,23H,10-13H2,1-2H3. The van der Waals surface area contributed by atoms with E-state index in [4.69, 9.17) is 5.21 Å². The van der Waals surface area contributed by atoms with Gasteiger partial charge in [-0.3, -0.25) is 0 Å². The van der Waals surface area contributed by atoms with Crippen LogP contribution in [0.2, 0.25) is 0 Å². The summed E-state index contributed by atoms with van der Waals surface area (Å²) < 4.78 is 0. The monoisotopic (exact) mass is 307 g/mol. The van der Waals surface area contributed by atoms with Crippen LogP contribution >= 0.6 is 0 Å². The van der Waals surface area contributed by atoms with Crippen LogP contribution in [0.3, 0.4) is 0 Å². The zero-order chi connectivity index (χ0) is 16.2. The lowest BCUT2D eigenvalue weighted by Gasteiger charge is -2.28. The summed E-state index contributed by atoms with van der Waals surface area (Å²) >= 11 is 0. The van der Waals surface area contributed by atoms with E-state index < -0.39 is 0 Å². The second-order valence-corrected chi connectivity index (χ2v) is 6.78. The number of hydrogen-bond donors (Lipinski definition) is 1. The number of hydrogen-bond acceptors (Lipinski definition) is 2. The second-order valence-electron chi connectivity index (χ2n) is 6.78. The van der Waals surface area contributed by atoms with E-state index >= 15 is 0 Å². The third kappa shape index (κ3) is 3.64. The predicted octanol–water partition coefficient (Wildman–Crippen LogP) is 5.79. The highest BCUT2D eigenvalue weighted by Gasteiger charge is 2.24. The van der Waals surface area contributed by atoms with Crippen molar-refractivity contribution in [1.82, 2.24) is 0 Å². The molecule has 1 N–H and O–H groups in total. The van der Waals surface area contributed by atoms with Gasteiger partial charge in [-0.05, 0) is 61.1 Å². The molecule has 120 valence electrons. The molecule has 1 aliphatic carbocycles. The maximum atomic E-state index is 8.88. The Labute approximate surface area is 138 Å². The fraction of sp³-hybridized carbons (Fsp3) is 0.381. The van der Waals surface area contributed by atoms with Crippen LogP contribution in [-0.4, -0.2) is 10.9 Å². The largest absolute Gasteiger partial charge is 0.411 e. The van der Waals surface area contributed by atoms with Gasteiger partial charge in [0.15, 0.2) is 0 Å². The van der Waals surface area contributed by atoms with E-state index in [2.05, 4.69) is 67.5 Å². The zero-order valence-electron chi connectivity index (χ0n) is 14.0. The van der Waals surface area contributed by atoms with Gasteiger partial charge in [0.05, 0.1) is 5.71 Å². The molecule has 0 aromatic heterocycles. The van der Waals surface area contributed by atoms with Gasteiger partial charge >= 0.3 is 0 Å². The maximum Gasteiger partial charge on any atom is 0.0571 e. The quantitative estimate of drug-likeness (QED) is 0.565. The van der Waals surface area contributed by atoms with E-state index in [1.807, 2.05) is 0 Å². The molecule has 1 fully saturated rings. The van der Waals surface area contributed by atoms with Gasteiger partial charge in [-0.1, -0.05) is 66.2 Å². The molecule has 0 amide bonds. The summed E-state index contributed by atoms with van der Waals surface area (Å²) in [4.78, 5) is 0. The minimum Gasteiger partial charge on any atom is -0.411 e. The van der Waals surface area contributed by atoms with Crippen LogP contribution in [-0.2, 0) is 0 Å². The smallest absolute Gasteiger partial charge is 0.0571 e. The van der Waals surface area contributed by atoms with E-state index in [9.17, 15) is 0 Å². The van der Waals surface area contributed by atoms with Crippen LogP contribution in [0.1, 0.15) is 49.7 Å². The Kier molecular flexibility index (Phi) is 4.80. The molecule has 2 aromatic rings. The lowest BCUT2D eigenvalue weighted by Crippen LogP contribution is -2.19. The fourth-order valence-corrected chi connectivity index (χ4v) is 3.65. The SMILES string of the molecule is Cc1cccc(-c2ccc(C(C)C3CCC(=NO)CC3)cc2)c1. The average Bonchev–Trinajstić information content (AvgIpc) is 2.61. The van der Waals surface area contributed by atoms with Crippen LogP contribution in [0.5, 0.6) is 0 Å². The molecule has 3 rings (SSSR count). The van der Waals surface area contributed by atoms with Crippen molar-refractivity contribution in [3.8, 4) is 11.1 Å². The highest BCUT2D eigenvalue weighted by atomic mass is 16.4. The maximum absolute atomic E-state index is 8.88. The first-order chi connectivity index (χ1) is 11.2. The van der Waals surface area contributed by atoms with Gasteiger partial charge < -0.3 is 5.21 Å². The molecule has 0 aliphatic heterocycles. The Morgan fingerprint density at radius 1 is 1.00 bits per heavy atom. The van der Waals surface area contributed by atoms with Crippen LogP contribution in [0.4, 0.5) is 0 Å². The highest BCUT2D eigenvalue weighted by Crippen LogP contribution is 2.35. The summed E-state index contributed by atoms with van der Waals surface area (Å²) in [6.07, 6.45) is 4.13. The molecule has 1 unspecified atom stereocenters. The van der Waals surface area contributed by atoms with Crippen molar-refractivity contribution in [3.05, 3.63) is 59.7 Å². The first-order valence-corrected chi connectivity index (χ1v) is 8.54. The minimum atomic E-state index is 0.557. The van der Waals surface area contributed by atoms with Crippen LogP contribution in [0.25, 0.3) is 11.1 Å². The summed E-state index contributed by atoms with van der Waals surface area (Å²) in [6, 6.07) is 17.7. The molecule has 1 atom stereocenters. The third-order valence-electron chi connectivity index (χ3n) is 5.24. The summed E-state index contributed by atoms with van der Waals surface area (Å²) in [5, 5.41) is 12.3. The van der Waals surface area contributed by atoms with Crippen LogP contribution in [0.15, 0.2) is 53.7 Å². The Balaban J connectivity index is 1.72. The molecule has 2 nitrogen and oxygen atoms in total. The topological polar surface area (TPSA) is 32.6 Å². The Bertz CT molecular complexity index is 677. The van der Waals surface area contributed by atoms with Gasteiger partial charge in [-0.25, -0.2) is 0 Å². The van der Waals surface area contributed by atoms with E-state index in [0.29, 0.717) is 11.8 Å². The lowest BCUT2D eigenvalue weighted by molar-refractivity contribution is 0.306. The summed E-state index contributed by atoms with van der Waals surface area (Å²) in [5.74, 6) is 1.24. The molecule has 0 spiro atoms. The van der Waals surface area contributed by atoms with Crippen molar-refractivity contribution in [2.45, 2.75) is 45.4 Å². The van der Waals surface area contributed by atoms with Gasteiger partial charge in [0.25, 0.3) is 0 Å². The van der Waals surface area contributed by atoms with Crippen molar-refractivity contribution < 1.29 is 5.21 Å². The predicted molar refractivity (Wildman–Crippen MR) is 96.2 cm³/mol. The van der Waals surface area contributed by atoms with Gasteiger partial charge in [-0.2, -0.15) is 0 Å². The zero-order valence-corrected chi connectivity index (χ0v) is 14.0. The van der Waals surface area contributed by atoms with Gasteiger partial charge in [-0.15, -0.1) is 0 Å². The van der Waals surface area contributed by atoms with Crippen molar-refractivity contribution >= 4 is 5.71 Å². The molecular formula is C21H25NO. The highest BCUT2D eigenvalue weighted by molar-refractivity contribution is 5.84. The number of oxime groups is 1. The minimum absolute atomic E-state index is 0.557. The van der Waals surface area contributed by atoms with Crippen molar-refractivity contribution in [2.75, 3.05) is 0 Å². The van der Waals surface area contributed by atoms with Crippen LogP contribution in [0, 0.1) is 12.8 Å². The molecule has 0 radical (unpaired) electrons. The Morgan fingerprint density at radius 2 is 1.70 bits per heavy atom. The summed E-state index contributed by atoms with van der Waals surface area (Å²) in [6.45, 7) is 4.46. The number of aryl methyl sites for hydroxylation is 1. The van der Waals surface area contributed by atoms with Gasteiger partial charge in [0.1, 0.15) is 0 Å². The fourth-order valence-electron chi connectivity index (χ4n) is 3.65. The average molecular weight is 307 g/mol. The molecule has 2 heteroatoms. The molecule has 1 saturated carbocycles. The number of nitrogens with zero attached hydrogens (tertiary/aromatic N) is 1. The van der Waals surface area contributed by atoms with Gasteiger partial charge in [0, 0.05) is 0 Å². The van der Waals surface area contributed by atoms with Crippen molar-refractivity contribution in [3.63, 3.8) is 0 Å². The first kappa shape index (κ1) is 15.8. The van der Waals surface area contributed by atoms with E-state index in [1.165, 1.54) is 22.3 Å². The summed E-state index contributed by atoms with van der Waals surface area (Å²) in [7, 11) is 0. The van der Waals surface area contributed by atoms with Crippen molar-refractivity contribution in [2.24, 2.45) is 11.1 Å². The third-order valence-corrected chi connectivity index (χ3v) is 5.24. The normalized spacial score (nSPS) is 19.4. The number of rotatable bonds is 3. The molecule has 1 aliphatic rings. The molecule has 0 saturated heterocycles. The molecular weight excluding hydrogens is 282 g/mol. The molecule has 2 aromatic carbocycles.